The first-order chi connectivity index (χ1) is 17.6. The van der Waals surface area contributed by atoms with E-state index in [1.165, 1.54) is 24.1 Å². The Morgan fingerprint density at radius 1 is 0.946 bits per heavy atom. The van der Waals surface area contributed by atoms with Gasteiger partial charge in [0.15, 0.2) is 0 Å². The number of hydrogen-bond donors (Lipinski definition) is 1. The van der Waals surface area contributed by atoms with Gasteiger partial charge >= 0.3 is 0 Å². The number of halogens is 1. The van der Waals surface area contributed by atoms with E-state index in [2.05, 4.69) is 5.32 Å². The molecule has 0 radical (unpaired) electrons. The van der Waals surface area contributed by atoms with E-state index in [0.29, 0.717) is 22.7 Å². The molecule has 0 aromatic heterocycles. The van der Waals surface area contributed by atoms with Gasteiger partial charge in [0, 0.05) is 18.6 Å². The smallest absolute Gasteiger partial charge is 0.264 e. The number of nitrogens with zero attached hydrogens (tertiary/aromatic N) is 2. The topological polar surface area (TPSA) is 86.8 Å². The Morgan fingerprint density at radius 3 is 2.11 bits per heavy atom. The van der Waals surface area contributed by atoms with Crippen LogP contribution in [0.3, 0.4) is 0 Å². The minimum atomic E-state index is -4.10. The van der Waals surface area contributed by atoms with Gasteiger partial charge < -0.3 is 10.2 Å². The Morgan fingerprint density at radius 2 is 1.54 bits per heavy atom. The molecule has 0 saturated carbocycles. The van der Waals surface area contributed by atoms with E-state index in [0.717, 1.165) is 15.4 Å². The van der Waals surface area contributed by atoms with Crippen molar-refractivity contribution in [2.75, 3.05) is 17.9 Å². The standard InChI is InChI=1S/C28H32ClN3O4S/c1-5-26(28(34)30-4)31(18-22-11-9-10-14-25(22)29)27(33)19-32(23-16-20(2)15-21(3)17-23)37(35,36)24-12-7-6-8-13-24/h6-17,26H,5,18-19H2,1-4H3,(H,30,34). The summed E-state index contributed by atoms with van der Waals surface area (Å²) in [6, 6.07) is 19.6. The summed E-state index contributed by atoms with van der Waals surface area (Å²) in [6.07, 6.45) is 0.338. The molecule has 1 atom stereocenters. The number of aryl methyl sites for hydroxylation is 2. The van der Waals surface area contributed by atoms with E-state index in [9.17, 15) is 18.0 Å². The van der Waals surface area contributed by atoms with Crippen molar-refractivity contribution in [1.82, 2.24) is 10.2 Å². The molecule has 0 heterocycles. The minimum Gasteiger partial charge on any atom is -0.357 e. The fourth-order valence-corrected chi connectivity index (χ4v) is 5.85. The summed E-state index contributed by atoms with van der Waals surface area (Å²) in [5, 5.41) is 3.06. The second-order valence-corrected chi connectivity index (χ2v) is 11.1. The fourth-order valence-electron chi connectivity index (χ4n) is 4.24. The molecule has 0 fully saturated rings. The van der Waals surface area contributed by atoms with E-state index < -0.39 is 28.5 Å². The van der Waals surface area contributed by atoms with Crippen LogP contribution < -0.4 is 9.62 Å². The normalized spacial score (nSPS) is 12.0. The molecule has 3 aromatic rings. The van der Waals surface area contributed by atoms with Crippen LogP contribution in [0, 0.1) is 13.8 Å². The summed E-state index contributed by atoms with van der Waals surface area (Å²) in [7, 11) is -2.59. The number of sulfonamides is 1. The van der Waals surface area contributed by atoms with Gasteiger partial charge in [-0.2, -0.15) is 0 Å². The molecule has 1 unspecified atom stereocenters. The maximum atomic E-state index is 13.9. The van der Waals surface area contributed by atoms with Crippen molar-refractivity contribution < 1.29 is 18.0 Å². The first-order valence-electron chi connectivity index (χ1n) is 12.0. The van der Waals surface area contributed by atoms with Crippen molar-refractivity contribution in [3.63, 3.8) is 0 Å². The molecule has 37 heavy (non-hydrogen) atoms. The molecule has 2 amide bonds. The average molecular weight is 542 g/mol. The van der Waals surface area contributed by atoms with Crippen molar-refractivity contribution in [3.8, 4) is 0 Å². The lowest BCUT2D eigenvalue weighted by molar-refractivity contribution is -0.140. The lowest BCUT2D eigenvalue weighted by Crippen LogP contribution is -2.51. The maximum absolute atomic E-state index is 13.9. The van der Waals surface area contributed by atoms with E-state index in [4.69, 9.17) is 11.6 Å². The van der Waals surface area contributed by atoms with Crippen molar-refractivity contribution in [3.05, 3.63) is 94.5 Å². The summed E-state index contributed by atoms with van der Waals surface area (Å²) in [4.78, 5) is 28.1. The van der Waals surface area contributed by atoms with Crippen LogP contribution in [0.25, 0.3) is 0 Å². The fraction of sp³-hybridized carbons (Fsp3) is 0.286. The number of likely N-dealkylation sites (N-methyl/N-ethyl adjacent to an activating group) is 1. The van der Waals surface area contributed by atoms with Gasteiger partial charge in [-0.1, -0.05) is 61.0 Å². The second kappa shape index (κ2) is 12.3. The third kappa shape index (κ3) is 6.70. The van der Waals surface area contributed by atoms with Gasteiger partial charge in [-0.3, -0.25) is 13.9 Å². The van der Waals surface area contributed by atoms with Crippen molar-refractivity contribution >= 4 is 39.1 Å². The Hall–Kier alpha value is -3.36. The van der Waals surface area contributed by atoms with Gasteiger partial charge in [-0.25, -0.2) is 8.42 Å². The molecule has 0 spiro atoms. The SMILES string of the molecule is CCC(C(=O)NC)N(Cc1ccccc1Cl)C(=O)CN(c1cc(C)cc(C)c1)S(=O)(=O)c1ccccc1. The first kappa shape index (κ1) is 28.2. The van der Waals surface area contributed by atoms with Crippen LogP contribution in [0.5, 0.6) is 0 Å². The van der Waals surface area contributed by atoms with Crippen LogP contribution in [-0.4, -0.2) is 44.8 Å². The Labute approximate surface area is 224 Å². The summed E-state index contributed by atoms with van der Waals surface area (Å²) in [6.45, 7) is 5.10. The maximum Gasteiger partial charge on any atom is 0.264 e. The predicted molar refractivity (Wildman–Crippen MR) is 147 cm³/mol. The van der Waals surface area contributed by atoms with Crippen LogP contribution in [0.4, 0.5) is 5.69 Å². The Kier molecular flexibility index (Phi) is 9.34. The highest BCUT2D eigenvalue weighted by atomic mass is 35.5. The molecule has 0 saturated heterocycles. The molecule has 3 aromatic carbocycles. The highest BCUT2D eigenvalue weighted by Crippen LogP contribution is 2.27. The van der Waals surface area contributed by atoms with E-state index >= 15 is 0 Å². The molecular formula is C28H32ClN3O4S. The predicted octanol–water partition coefficient (Wildman–Crippen LogP) is 4.71. The van der Waals surface area contributed by atoms with Crippen LogP contribution in [0.1, 0.15) is 30.0 Å². The van der Waals surface area contributed by atoms with Crippen LogP contribution in [0.15, 0.2) is 77.7 Å². The number of anilines is 1. The minimum absolute atomic E-state index is 0.0521. The monoisotopic (exact) mass is 541 g/mol. The lowest BCUT2D eigenvalue weighted by atomic mass is 10.1. The molecule has 196 valence electrons. The van der Waals surface area contributed by atoms with E-state index in [-0.39, 0.29) is 17.3 Å². The van der Waals surface area contributed by atoms with E-state index in [1.807, 2.05) is 19.9 Å². The zero-order valence-electron chi connectivity index (χ0n) is 21.4. The van der Waals surface area contributed by atoms with Crippen molar-refractivity contribution in [2.24, 2.45) is 0 Å². The number of carbonyl (C=O) groups excluding carboxylic acids is 2. The van der Waals surface area contributed by atoms with E-state index in [1.54, 1.807) is 61.5 Å². The lowest BCUT2D eigenvalue weighted by Gasteiger charge is -2.33. The molecule has 0 aliphatic rings. The molecule has 3 rings (SSSR count). The average Bonchev–Trinajstić information content (AvgIpc) is 2.87. The highest BCUT2D eigenvalue weighted by molar-refractivity contribution is 7.92. The summed E-state index contributed by atoms with van der Waals surface area (Å²) >= 11 is 6.38. The summed E-state index contributed by atoms with van der Waals surface area (Å²) in [5.74, 6) is -0.860. The van der Waals surface area contributed by atoms with Gasteiger partial charge in [0.25, 0.3) is 10.0 Å². The largest absolute Gasteiger partial charge is 0.357 e. The zero-order chi connectivity index (χ0) is 27.2. The van der Waals surface area contributed by atoms with Crippen LogP contribution in [-0.2, 0) is 26.2 Å². The van der Waals surface area contributed by atoms with Crippen molar-refractivity contribution in [1.29, 1.82) is 0 Å². The molecular weight excluding hydrogens is 510 g/mol. The zero-order valence-corrected chi connectivity index (χ0v) is 23.0. The number of nitrogens with one attached hydrogen (secondary N) is 1. The molecule has 1 N–H and O–H groups in total. The van der Waals surface area contributed by atoms with Gasteiger partial charge in [-0.05, 0) is 67.3 Å². The third-order valence-corrected chi connectivity index (χ3v) is 8.19. The molecule has 7 nitrogen and oxygen atoms in total. The second-order valence-electron chi connectivity index (χ2n) is 8.82. The highest BCUT2D eigenvalue weighted by Gasteiger charge is 2.33. The number of amides is 2. The Bertz CT molecular complexity index is 1340. The van der Waals surface area contributed by atoms with Crippen LogP contribution >= 0.6 is 11.6 Å². The van der Waals surface area contributed by atoms with Gasteiger partial charge in [0.1, 0.15) is 12.6 Å². The number of hydrogen-bond acceptors (Lipinski definition) is 4. The van der Waals surface area contributed by atoms with Gasteiger partial charge in [0.05, 0.1) is 10.6 Å². The Balaban J connectivity index is 2.10. The van der Waals surface area contributed by atoms with Crippen LogP contribution in [0.2, 0.25) is 5.02 Å². The van der Waals surface area contributed by atoms with Gasteiger partial charge in [0.2, 0.25) is 11.8 Å². The molecule has 0 aliphatic carbocycles. The number of carbonyl (C=O) groups is 2. The number of rotatable bonds is 10. The molecule has 0 aliphatic heterocycles. The summed E-state index contributed by atoms with van der Waals surface area (Å²) < 4.78 is 28.7. The third-order valence-electron chi connectivity index (χ3n) is 6.04. The summed E-state index contributed by atoms with van der Waals surface area (Å²) in [5.41, 5.74) is 2.75. The molecule has 0 bridgehead atoms. The first-order valence-corrected chi connectivity index (χ1v) is 13.8. The van der Waals surface area contributed by atoms with Crippen molar-refractivity contribution in [2.45, 2.75) is 44.7 Å². The quantitative estimate of drug-likeness (QED) is 0.403. The molecule has 9 heteroatoms. The number of benzene rings is 3. The van der Waals surface area contributed by atoms with Gasteiger partial charge in [-0.15, -0.1) is 0 Å².